The maximum absolute atomic E-state index is 13.3. The first-order valence-electron chi connectivity index (χ1n) is 9.96. The fourth-order valence-corrected chi connectivity index (χ4v) is 4.56. The molecule has 0 amide bonds. The summed E-state index contributed by atoms with van der Waals surface area (Å²) in [7, 11) is 4.02. The van der Waals surface area contributed by atoms with Gasteiger partial charge in [0.15, 0.2) is 5.78 Å². The summed E-state index contributed by atoms with van der Waals surface area (Å²) < 4.78 is 5.46. The van der Waals surface area contributed by atoms with Gasteiger partial charge in [-0.15, -0.1) is 0 Å². The van der Waals surface area contributed by atoms with Crippen molar-refractivity contribution in [3.63, 3.8) is 0 Å². The van der Waals surface area contributed by atoms with Crippen LogP contribution in [0.5, 0.6) is 0 Å². The Balaban J connectivity index is 1.99. The second-order valence-corrected chi connectivity index (χ2v) is 7.90. The molecule has 4 nitrogen and oxygen atoms in total. The zero-order chi connectivity index (χ0) is 19.5. The number of morpholine rings is 1. The Morgan fingerprint density at radius 2 is 1.74 bits per heavy atom. The predicted molar refractivity (Wildman–Crippen MR) is 111 cm³/mol. The second kappa shape index (κ2) is 7.99. The molecule has 4 heteroatoms. The molecule has 1 aliphatic heterocycles. The number of ketones is 1. The summed E-state index contributed by atoms with van der Waals surface area (Å²) >= 11 is 0. The largest absolute Gasteiger partial charge is 0.378 e. The van der Waals surface area contributed by atoms with Crippen molar-refractivity contribution in [3.8, 4) is 0 Å². The average Bonchev–Trinajstić information content (AvgIpc) is 2.69. The highest BCUT2D eigenvalue weighted by Crippen LogP contribution is 2.44. The molecule has 0 radical (unpaired) electrons. The molecule has 1 heterocycles. The first-order chi connectivity index (χ1) is 13.0. The van der Waals surface area contributed by atoms with Crippen LogP contribution in [0.4, 0.5) is 5.69 Å². The zero-order valence-electron chi connectivity index (χ0n) is 17.1. The monoisotopic (exact) mass is 368 g/mol. The van der Waals surface area contributed by atoms with Crippen LogP contribution >= 0.6 is 0 Å². The van der Waals surface area contributed by atoms with E-state index in [-0.39, 0.29) is 5.78 Å². The van der Waals surface area contributed by atoms with Crippen molar-refractivity contribution in [3.05, 3.63) is 54.1 Å². The summed E-state index contributed by atoms with van der Waals surface area (Å²) in [5.74, 6) is 0.273. The smallest absolute Gasteiger partial charge is 0.158 e. The van der Waals surface area contributed by atoms with Crippen LogP contribution in [0.2, 0.25) is 0 Å². The Labute approximate surface area is 163 Å². The minimum Gasteiger partial charge on any atom is -0.378 e. The van der Waals surface area contributed by atoms with E-state index in [9.17, 15) is 4.79 Å². The number of likely N-dealkylation sites (N-methyl/N-ethyl adjacent to an activating group) is 1. The molecule has 3 rings (SSSR count). The molecule has 0 bridgehead atoms. The van der Waals surface area contributed by atoms with Crippen molar-refractivity contribution in [1.29, 1.82) is 0 Å². The number of allylic oxidation sites excluding steroid dienone is 2. The number of benzene rings is 1. The molecule has 2 atom stereocenters. The van der Waals surface area contributed by atoms with Crippen LogP contribution in [-0.2, 0) is 14.9 Å². The lowest BCUT2D eigenvalue weighted by Crippen LogP contribution is -2.62. The minimum absolute atomic E-state index is 0.273. The van der Waals surface area contributed by atoms with Crippen molar-refractivity contribution in [2.45, 2.75) is 37.6 Å². The van der Waals surface area contributed by atoms with Gasteiger partial charge >= 0.3 is 0 Å². The van der Waals surface area contributed by atoms with E-state index in [0.717, 1.165) is 32.7 Å². The van der Waals surface area contributed by atoms with Crippen LogP contribution in [0.25, 0.3) is 0 Å². The minimum atomic E-state index is -0.668. The third kappa shape index (κ3) is 3.37. The van der Waals surface area contributed by atoms with Gasteiger partial charge < -0.3 is 9.64 Å². The quantitative estimate of drug-likeness (QED) is 0.768. The molecule has 2 aliphatic rings. The van der Waals surface area contributed by atoms with Crippen LogP contribution in [0.3, 0.4) is 0 Å². The van der Waals surface area contributed by atoms with E-state index < -0.39 is 11.0 Å². The third-order valence-electron chi connectivity index (χ3n) is 6.12. The lowest BCUT2D eigenvalue weighted by molar-refractivity contribution is -0.129. The van der Waals surface area contributed by atoms with Crippen LogP contribution < -0.4 is 4.90 Å². The average molecular weight is 369 g/mol. The van der Waals surface area contributed by atoms with E-state index in [0.29, 0.717) is 6.42 Å². The standard InChI is InChI=1S/C23H32N2O2/c1-5-8-21(26)23(24(3)4)14-7-6-13-22(23,2)19-9-11-20(12-10-19)25-15-17-27-18-16-25/h6-7,9-14H,5,8,15-18H2,1-4H3. The lowest BCUT2D eigenvalue weighted by Gasteiger charge is -2.50. The predicted octanol–water partition coefficient (Wildman–Crippen LogP) is 3.58. The molecule has 27 heavy (non-hydrogen) atoms. The maximum atomic E-state index is 13.3. The Hall–Kier alpha value is -1.91. The molecule has 0 saturated carbocycles. The van der Waals surface area contributed by atoms with Crippen LogP contribution in [0.1, 0.15) is 32.3 Å². The number of nitrogens with zero attached hydrogens (tertiary/aromatic N) is 2. The summed E-state index contributed by atoms with van der Waals surface area (Å²) in [6, 6.07) is 8.74. The number of hydrogen-bond acceptors (Lipinski definition) is 4. The van der Waals surface area contributed by atoms with Crippen LogP contribution in [-0.4, -0.2) is 56.6 Å². The van der Waals surface area contributed by atoms with E-state index >= 15 is 0 Å². The van der Waals surface area contributed by atoms with Gasteiger partial charge in [0.2, 0.25) is 0 Å². The molecule has 2 unspecified atom stereocenters. The first kappa shape index (κ1) is 19.8. The molecular formula is C23H32N2O2. The van der Waals surface area contributed by atoms with Crippen molar-refractivity contribution >= 4 is 11.5 Å². The van der Waals surface area contributed by atoms with Crippen LogP contribution in [0.15, 0.2) is 48.6 Å². The van der Waals surface area contributed by atoms with Crippen LogP contribution in [0, 0.1) is 0 Å². The molecule has 0 spiro atoms. The van der Waals surface area contributed by atoms with Gasteiger partial charge in [0, 0.05) is 30.6 Å². The molecule has 1 aromatic carbocycles. The second-order valence-electron chi connectivity index (χ2n) is 7.90. The lowest BCUT2D eigenvalue weighted by atomic mass is 9.61. The number of ether oxygens (including phenoxy) is 1. The van der Waals surface area contributed by atoms with Gasteiger partial charge in [-0.2, -0.15) is 0 Å². The Morgan fingerprint density at radius 3 is 2.33 bits per heavy atom. The van der Waals surface area contributed by atoms with Gasteiger partial charge in [-0.25, -0.2) is 0 Å². The number of Topliss-reactive ketones (excluding diaryl/α,β-unsaturated/α-hetero) is 1. The molecule has 0 N–H and O–H groups in total. The number of hydrogen-bond donors (Lipinski definition) is 0. The summed E-state index contributed by atoms with van der Waals surface area (Å²) in [6.45, 7) is 7.67. The summed E-state index contributed by atoms with van der Waals surface area (Å²) in [6.07, 6.45) is 9.79. The Kier molecular flexibility index (Phi) is 5.87. The SMILES string of the molecule is CCCC(=O)C1(N(C)C)C=CC=CC1(C)c1ccc(N2CCOCC2)cc1. The van der Waals surface area contributed by atoms with Gasteiger partial charge in [0.25, 0.3) is 0 Å². The molecule has 1 saturated heterocycles. The molecular weight excluding hydrogens is 336 g/mol. The Bertz CT molecular complexity index is 716. The molecule has 1 aromatic rings. The molecule has 1 aliphatic carbocycles. The van der Waals surface area contributed by atoms with Gasteiger partial charge in [0.1, 0.15) is 5.54 Å². The summed E-state index contributed by atoms with van der Waals surface area (Å²) in [5.41, 5.74) is 1.30. The van der Waals surface area contributed by atoms with Crippen molar-refractivity contribution in [2.24, 2.45) is 0 Å². The summed E-state index contributed by atoms with van der Waals surface area (Å²) in [4.78, 5) is 17.8. The zero-order valence-corrected chi connectivity index (χ0v) is 17.1. The van der Waals surface area contributed by atoms with E-state index in [4.69, 9.17) is 4.74 Å². The maximum Gasteiger partial charge on any atom is 0.158 e. The summed E-state index contributed by atoms with van der Waals surface area (Å²) in [5, 5.41) is 0. The van der Waals surface area contributed by atoms with E-state index in [2.05, 4.69) is 66.1 Å². The Morgan fingerprint density at radius 1 is 1.11 bits per heavy atom. The third-order valence-corrected chi connectivity index (χ3v) is 6.12. The van der Waals surface area contributed by atoms with Crippen molar-refractivity contribution in [2.75, 3.05) is 45.3 Å². The highest BCUT2D eigenvalue weighted by molar-refractivity contribution is 5.93. The number of rotatable bonds is 6. The van der Waals surface area contributed by atoms with Gasteiger partial charge in [-0.05, 0) is 45.1 Å². The fraction of sp³-hybridized carbons (Fsp3) is 0.522. The van der Waals surface area contributed by atoms with E-state index in [1.807, 2.05) is 20.2 Å². The van der Waals surface area contributed by atoms with Gasteiger partial charge in [-0.1, -0.05) is 43.4 Å². The normalized spacial score (nSPS) is 28.0. The van der Waals surface area contributed by atoms with Gasteiger partial charge in [0.05, 0.1) is 13.2 Å². The number of anilines is 1. The highest BCUT2D eigenvalue weighted by atomic mass is 16.5. The topological polar surface area (TPSA) is 32.8 Å². The molecule has 146 valence electrons. The number of carbonyl (C=O) groups excluding carboxylic acids is 1. The first-order valence-corrected chi connectivity index (χ1v) is 9.96. The molecule has 0 aromatic heterocycles. The van der Waals surface area contributed by atoms with Crippen molar-refractivity contribution in [1.82, 2.24) is 4.90 Å². The van der Waals surface area contributed by atoms with E-state index in [1.165, 1.54) is 11.3 Å². The van der Waals surface area contributed by atoms with Crippen molar-refractivity contribution < 1.29 is 9.53 Å². The molecule has 1 fully saturated rings. The van der Waals surface area contributed by atoms with E-state index in [1.54, 1.807) is 0 Å². The fourth-order valence-electron chi connectivity index (χ4n) is 4.56. The highest BCUT2D eigenvalue weighted by Gasteiger charge is 2.53. The number of carbonyl (C=O) groups is 1. The van der Waals surface area contributed by atoms with Gasteiger partial charge in [-0.3, -0.25) is 9.69 Å².